The molecule has 1 fully saturated rings. The molecule has 0 aromatic carbocycles. The fraction of sp³-hybridized carbons (Fsp3) is 0.615. The number of amides is 1. The van der Waals surface area contributed by atoms with Crippen molar-refractivity contribution in [2.75, 3.05) is 26.7 Å². The minimum atomic E-state index is -0.815. The predicted molar refractivity (Wildman–Crippen MR) is 67.5 cm³/mol. The molecule has 2 N–H and O–H groups in total. The van der Waals surface area contributed by atoms with Crippen LogP contribution in [-0.2, 0) is 6.42 Å². The van der Waals surface area contributed by atoms with E-state index in [2.05, 4.69) is 5.32 Å². The molecule has 0 saturated carbocycles. The van der Waals surface area contributed by atoms with E-state index >= 15 is 0 Å². The number of hydrogen-bond acceptors (Lipinski definition) is 4. The van der Waals surface area contributed by atoms with Gasteiger partial charge in [-0.1, -0.05) is 6.92 Å². The number of aliphatic hydroxyl groups is 1. The average molecular weight is 252 g/mol. The van der Waals surface area contributed by atoms with Crippen LogP contribution in [-0.4, -0.2) is 48.2 Å². The second-order valence-electron chi connectivity index (χ2n) is 4.93. The molecule has 0 bridgehead atoms. The third-order valence-electron chi connectivity index (χ3n) is 3.32. The number of carbonyl (C=O) groups is 1. The molecule has 18 heavy (non-hydrogen) atoms. The van der Waals surface area contributed by atoms with Gasteiger partial charge in [-0.25, -0.2) is 0 Å². The van der Waals surface area contributed by atoms with E-state index in [9.17, 15) is 9.90 Å². The van der Waals surface area contributed by atoms with Gasteiger partial charge in [-0.15, -0.1) is 0 Å². The summed E-state index contributed by atoms with van der Waals surface area (Å²) in [5.41, 5.74) is -0.815. The molecule has 2 rings (SSSR count). The molecule has 1 amide bonds. The summed E-state index contributed by atoms with van der Waals surface area (Å²) < 4.78 is 5.42. The molecule has 1 unspecified atom stereocenters. The Morgan fingerprint density at radius 3 is 2.94 bits per heavy atom. The lowest BCUT2D eigenvalue weighted by atomic mass is 10.0. The highest BCUT2D eigenvalue weighted by molar-refractivity contribution is 5.91. The first kappa shape index (κ1) is 13.1. The van der Waals surface area contributed by atoms with E-state index in [-0.39, 0.29) is 5.91 Å². The van der Waals surface area contributed by atoms with E-state index in [1.807, 2.05) is 13.0 Å². The second-order valence-corrected chi connectivity index (χ2v) is 4.93. The molecule has 1 aromatic rings. The van der Waals surface area contributed by atoms with Crippen molar-refractivity contribution in [3.63, 3.8) is 0 Å². The van der Waals surface area contributed by atoms with Crippen LogP contribution in [0.1, 0.15) is 29.7 Å². The van der Waals surface area contributed by atoms with Gasteiger partial charge in [-0.05, 0) is 25.1 Å². The molecule has 0 radical (unpaired) electrons. The van der Waals surface area contributed by atoms with E-state index in [0.29, 0.717) is 25.3 Å². The minimum Gasteiger partial charge on any atom is -0.456 e. The smallest absolute Gasteiger partial charge is 0.289 e. The summed E-state index contributed by atoms with van der Waals surface area (Å²) in [6, 6.07) is 3.50. The van der Waals surface area contributed by atoms with Gasteiger partial charge in [0, 0.05) is 20.0 Å². The monoisotopic (exact) mass is 252 g/mol. The molecule has 2 heterocycles. The summed E-state index contributed by atoms with van der Waals surface area (Å²) >= 11 is 0. The number of β-amino-alcohol motifs (C(OH)–C–C–N with tert-alkyl or cyclic N) is 1. The van der Waals surface area contributed by atoms with Crippen molar-refractivity contribution in [2.45, 2.75) is 25.4 Å². The van der Waals surface area contributed by atoms with Crippen LogP contribution in [0.3, 0.4) is 0 Å². The van der Waals surface area contributed by atoms with E-state index < -0.39 is 5.60 Å². The zero-order valence-electron chi connectivity index (χ0n) is 10.9. The first-order valence-electron chi connectivity index (χ1n) is 6.31. The Labute approximate surface area is 107 Å². The highest BCUT2D eigenvalue weighted by Gasteiger charge is 2.34. The highest BCUT2D eigenvalue weighted by Crippen LogP contribution is 2.17. The van der Waals surface area contributed by atoms with Crippen molar-refractivity contribution < 1.29 is 14.3 Å². The van der Waals surface area contributed by atoms with Gasteiger partial charge >= 0.3 is 0 Å². The van der Waals surface area contributed by atoms with Gasteiger partial charge in [0.15, 0.2) is 5.76 Å². The number of likely N-dealkylation sites (N-methyl/N-ethyl adjacent to an activating group) is 1. The third-order valence-corrected chi connectivity index (χ3v) is 3.32. The zero-order valence-corrected chi connectivity index (χ0v) is 10.9. The molecule has 1 aromatic heterocycles. The van der Waals surface area contributed by atoms with Gasteiger partial charge in [0.1, 0.15) is 5.76 Å². The molecule has 5 heteroatoms. The lowest BCUT2D eigenvalue weighted by molar-refractivity contribution is 0.0239. The van der Waals surface area contributed by atoms with Crippen LogP contribution in [0.5, 0.6) is 0 Å². The lowest BCUT2D eigenvalue weighted by Crippen LogP contribution is -2.45. The molecular weight excluding hydrogens is 232 g/mol. The Hall–Kier alpha value is -1.33. The van der Waals surface area contributed by atoms with Crippen molar-refractivity contribution in [2.24, 2.45) is 0 Å². The highest BCUT2D eigenvalue weighted by atomic mass is 16.4. The van der Waals surface area contributed by atoms with Crippen molar-refractivity contribution in [3.05, 3.63) is 23.7 Å². The fourth-order valence-corrected chi connectivity index (χ4v) is 2.25. The number of nitrogens with one attached hydrogen (secondary N) is 1. The number of hydrogen-bond donors (Lipinski definition) is 2. The van der Waals surface area contributed by atoms with E-state index in [0.717, 1.165) is 18.7 Å². The summed E-state index contributed by atoms with van der Waals surface area (Å²) in [5.74, 6) is 0.951. The Balaban J connectivity index is 2.00. The predicted octanol–water partition coefficient (Wildman–Crippen LogP) is 0.638. The van der Waals surface area contributed by atoms with Crippen LogP contribution >= 0.6 is 0 Å². The Bertz CT molecular complexity index is 422. The number of nitrogens with zero attached hydrogens (tertiary/aromatic N) is 1. The summed E-state index contributed by atoms with van der Waals surface area (Å²) in [5, 5.41) is 13.3. The SMILES string of the molecule is CCc1ccc(C(=O)N(C)CC2(O)CCNC2)o1. The summed E-state index contributed by atoms with van der Waals surface area (Å²) in [4.78, 5) is 13.6. The fourth-order valence-electron chi connectivity index (χ4n) is 2.25. The average Bonchev–Trinajstić information content (AvgIpc) is 2.96. The standard InChI is InChI=1S/C13H20N2O3/c1-3-10-4-5-11(18-10)12(16)15(2)9-13(17)6-7-14-8-13/h4-5,14,17H,3,6-9H2,1-2H3. The van der Waals surface area contributed by atoms with Crippen LogP contribution in [0.4, 0.5) is 0 Å². The minimum absolute atomic E-state index is 0.185. The van der Waals surface area contributed by atoms with Crippen LogP contribution in [0.2, 0.25) is 0 Å². The second kappa shape index (κ2) is 5.12. The van der Waals surface area contributed by atoms with Gasteiger partial charge in [-0.3, -0.25) is 4.79 Å². The van der Waals surface area contributed by atoms with Crippen molar-refractivity contribution in [3.8, 4) is 0 Å². The molecule has 0 aliphatic carbocycles. The van der Waals surface area contributed by atoms with Crippen molar-refractivity contribution in [1.82, 2.24) is 10.2 Å². The summed E-state index contributed by atoms with van der Waals surface area (Å²) in [7, 11) is 1.69. The van der Waals surface area contributed by atoms with Gasteiger partial charge in [0.25, 0.3) is 5.91 Å². The van der Waals surface area contributed by atoms with Crippen LogP contribution in [0, 0.1) is 0 Å². The molecule has 0 spiro atoms. The molecule has 100 valence electrons. The van der Waals surface area contributed by atoms with Crippen LogP contribution in [0.15, 0.2) is 16.5 Å². The number of carbonyl (C=O) groups excluding carboxylic acids is 1. The number of rotatable bonds is 4. The van der Waals surface area contributed by atoms with E-state index in [4.69, 9.17) is 4.42 Å². The molecule has 5 nitrogen and oxygen atoms in total. The molecular formula is C13H20N2O3. The van der Waals surface area contributed by atoms with E-state index in [1.54, 1.807) is 13.1 Å². The Kier molecular flexibility index (Phi) is 3.73. The Morgan fingerprint density at radius 2 is 2.39 bits per heavy atom. The van der Waals surface area contributed by atoms with Crippen molar-refractivity contribution >= 4 is 5.91 Å². The molecule has 1 aliphatic heterocycles. The van der Waals surface area contributed by atoms with Gasteiger partial charge in [0.2, 0.25) is 0 Å². The van der Waals surface area contributed by atoms with E-state index in [1.165, 1.54) is 4.90 Å². The normalized spacial score (nSPS) is 23.3. The maximum Gasteiger partial charge on any atom is 0.289 e. The van der Waals surface area contributed by atoms with Gasteiger partial charge < -0.3 is 19.7 Å². The third kappa shape index (κ3) is 2.73. The molecule has 1 atom stereocenters. The first-order valence-corrected chi connectivity index (χ1v) is 6.31. The summed E-state index contributed by atoms with van der Waals surface area (Å²) in [6.07, 6.45) is 1.44. The number of aryl methyl sites for hydroxylation is 1. The number of furan rings is 1. The maximum absolute atomic E-state index is 12.1. The zero-order chi connectivity index (χ0) is 13.2. The largest absolute Gasteiger partial charge is 0.456 e. The quantitative estimate of drug-likeness (QED) is 0.825. The van der Waals surface area contributed by atoms with Crippen LogP contribution in [0.25, 0.3) is 0 Å². The molecule has 1 saturated heterocycles. The van der Waals surface area contributed by atoms with Crippen molar-refractivity contribution in [1.29, 1.82) is 0 Å². The lowest BCUT2D eigenvalue weighted by Gasteiger charge is -2.27. The Morgan fingerprint density at radius 1 is 1.61 bits per heavy atom. The molecule has 1 aliphatic rings. The van der Waals surface area contributed by atoms with Crippen LogP contribution < -0.4 is 5.32 Å². The van der Waals surface area contributed by atoms with Gasteiger partial charge in [0.05, 0.1) is 12.1 Å². The summed E-state index contributed by atoms with van der Waals surface area (Å²) in [6.45, 7) is 3.62. The first-order chi connectivity index (χ1) is 8.54. The maximum atomic E-state index is 12.1. The topological polar surface area (TPSA) is 65.7 Å². The van der Waals surface area contributed by atoms with Gasteiger partial charge in [-0.2, -0.15) is 0 Å².